The standard InChI is InChI=1S/C12H18N2O2/c1-8-4-3-5-11-13-9(2)10(14(8)11)6-7-12(15)16/h8H,3-7H2,1-2H3,(H,15,16). The lowest BCUT2D eigenvalue weighted by Gasteiger charge is -2.23. The van der Waals surface area contributed by atoms with E-state index in [2.05, 4.69) is 16.5 Å². The first-order valence-electron chi connectivity index (χ1n) is 5.88. The van der Waals surface area contributed by atoms with Crippen molar-refractivity contribution >= 4 is 5.97 Å². The molecule has 1 aliphatic heterocycles. The van der Waals surface area contributed by atoms with Gasteiger partial charge in [0.2, 0.25) is 0 Å². The van der Waals surface area contributed by atoms with E-state index in [-0.39, 0.29) is 6.42 Å². The highest BCUT2D eigenvalue weighted by Crippen LogP contribution is 2.28. The summed E-state index contributed by atoms with van der Waals surface area (Å²) in [7, 11) is 0. The van der Waals surface area contributed by atoms with Crippen LogP contribution in [0.25, 0.3) is 0 Å². The Kier molecular flexibility index (Phi) is 2.99. The van der Waals surface area contributed by atoms with Crippen molar-refractivity contribution < 1.29 is 9.90 Å². The Hall–Kier alpha value is -1.32. The second-order valence-corrected chi connectivity index (χ2v) is 4.57. The number of fused-ring (bicyclic) bond motifs is 1. The normalized spacial score (nSPS) is 19.5. The summed E-state index contributed by atoms with van der Waals surface area (Å²) in [6.07, 6.45) is 4.17. The van der Waals surface area contributed by atoms with Crippen molar-refractivity contribution in [1.82, 2.24) is 9.55 Å². The molecule has 0 radical (unpaired) electrons. The van der Waals surface area contributed by atoms with E-state index in [4.69, 9.17) is 5.11 Å². The van der Waals surface area contributed by atoms with Gasteiger partial charge in [0.05, 0.1) is 12.1 Å². The van der Waals surface area contributed by atoms with E-state index in [1.807, 2.05) is 6.92 Å². The molecule has 4 heteroatoms. The SMILES string of the molecule is Cc1nc2n(c1CCC(=O)O)C(C)CCC2. The summed E-state index contributed by atoms with van der Waals surface area (Å²) < 4.78 is 2.25. The van der Waals surface area contributed by atoms with Crippen LogP contribution < -0.4 is 0 Å². The Balaban J connectivity index is 2.29. The fourth-order valence-corrected chi connectivity index (χ4v) is 2.55. The smallest absolute Gasteiger partial charge is 0.303 e. The molecule has 0 bridgehead atoms. The lowest BCUT2D eigenvalue weighted by molar-refractivity contribution is -0.137. The van der Waals surface area contributed by atoms with Gasteiger partial charge in [-0.1, -0.05) is 0 Å². The predicted octanol–water partition coefficient (Wildman–Crippen LogP) is 2.11. The number of hydrogen-bond acceptors (Lipinski definition) is 2. The van der Waals surface area contributed by atoms with Crippen LogP contribution >= 0.6 is 0 Å². The van der Waals surface area contributed by atoms with Gasteiger partial charge in [-0.05, 0) is 33.1 Å². The summed E-state index contributed by atoms with van der Waals surface area (Å²) in [5, 5.41) is 8.74. The van der Waals surface area contributed by atoms with Crippen molar-refractivity contribution in [3.05, 3.63) is 17.2 Å². The van der Waals surface area contributed by atoms with Gasteiger partial charge in [-0.3, -0.25) is 4.79 Å². The Morgan fingerprint density at radius 1 is 1.62 bits per heavy atom. The molecule has 0 aliphatic carbocycles. The summed E-state index contributed by atoms with van der Waals surface area (Å²) in [5.41, 5.74) is 2.12. The first-order valence-corrected chi connectivity index (χ1v) is 5.88. The Labute approximate surface area is 95.3 Å². The number of aliphatic carboxylic acids is 1. The van der Waals surface area contributed by atoms with Gasteiger partial charge in [0.25, 0.3) is 0 Å². The van der Waals surface area contributed by atoms with Crippen LogP contribution in [-0.4, -0.2) is 20.6 Å². The molecule has 1 aliphatic rings. The molecule has 1 aromatic heterocycles. The van der Waals surface area contributed by atoms with E-state index >= 15 is 0 Å². The van der Waals surface area contributed by atoms with Crippen LogP contribution in [0.3, 0.4) is 0 Å². The monoisotopic (exact) mass is 222 g/mol. The predicted molar refractivity (Wildman–Crippen MR) is 60.6 cm³/mol. The number of rotatable bonds is 3. The van der Waals surface area contributed by atoms with Gasteiger partial charge in [-0.2, -0.15) is 0 Å². The van der Waals surface area contributed by atoms with E-state index in [9.17, 15) is 4.79 Å². The minimum atomic E-state index is -0.738. The number of hydrogen-bond donors (Lipinski definition) is 1. The maximum atomic E-state index is 10.6. The molecule has 1 unspecified atom stereocenters. The third kappa shape index (κ3) is 1.96. The molecule has 0 saturated heterocycles. The molecular formula is C12H18N2O2. The summed E-state index contributed by atoms with van der Waals surface area (Å²) in [5.74, 6) is 0.398. The first kappa shape index (κ1) is 11.2. The quantitative estimate of drug-likeness (QED) is 0.852. The van der Waals surface area contributed by atoms with Gasteiger partial charge < -0.3 is 9.67 Å². The maximum absolute atomic E-state index is 10.6. The number of aromatic nitrogens is 2. The van der Waals surface area contributed by atoms with Crippen LogP contribution in [-0.2, 0) is 17.6 Å². The third-order valence-corrected chi connectivity index (χ3v) is 3.32. The lowest BCUT2D eigenvalue weighted by Crippen LogP contribution is -2.18. The molecule has 1 atom stereocenters. The molecule has 0 saturated carbocycles. The van der Waals surface area contributed by atoms with Gasteiger partial charge in [0, 0.05) is 18.2 Å². The minimum absolute atomic E-state index is 0.193. The number of aryl methyl sites for hydroxylation is 2. The molecule has 0 amide bonds. The van der Waals surface area contributed by atoms with Gasteiger partial charge in [-0.15, -0.1) is 0 Å². The van der Waals surface area contributed by atoms with Gasteiger partial charge >= 0.3 is 5.97 Å². The topological polar surface area (TPSA) is 55.1 Å². The van der Waals surface area contributed by atoms with Gasteiger partial charge in [0.15, 0.2) is 0 Å². The Bertz CT molecular complexity index is 409. The Morgan fingerprint density at radius 3 is 3.06 bits per heavy atom. The summed E-state index contributed by atoms with van der Waals surface area (Å²) in [6, 6.07) is 0.466. The zero-order valence-electron chi connectivity index (χ0n) is 9.86. The third-order valence-electron chi connectivity index (χ3n) is 3.32. The highest BCUT2D eigenvalue weighted by atomic mass is 16.4. The van der Waals surface area contributed by atoms with Crippen LogP contribution in [0.1, 0.15) is 49.4 Å². The zero-order chi connectivity index (χ0) is 11.7. The van der Waals surface area contributed by atoms with Crippen LogP contribution in [0.4, 0.5) is 0 Å². The molecule has 4 nitrogen and oxygen atoms in total. The molecule has 88 valence electrons. The molecule has 0 spiro atoms. The van der Waals surface area contributed by atoms with Crippen LogP contribution in [0.2, 0.25) is 0 Å². The number of carboxylic acid groups (broad SMARTS) is 1. The average molecular weight is 222 g/mol. The molecule has 16 heavy (non-hydrogen) atoms. The zero-order valence-corrected chi connectivity index (χ0v) is 9.86. The Morgan fingerprint density at radius 2 is 2.38 bits per heavy atom. The fraction of sp³-hybridized carbons (Fsp3) is 0.667. The summed E-state index contributed by atoms with van der Waals surface area (Å²) in [4.78, 5) is 15.2. The number of imidazole rings is 1. The van der Waals surface area contributed by atoms with Crippen molar-refractivity contribution in [3.63, 3.8) is 0 Å². The molecule has 0 aromatic carbocycles. The first-order chi connectivity index (χ1) is 7.59. The lowest BCUT2D eigenvalue weighted by atomic mass is 10.1. The second-order valence-electron chi connectivity index (χ2n) is 4.57. The molecular weight excluding hydrogens is 204 g/mol. The fourth-order valence-electron chi connectivity index (χ4n) is 2.55. The second kappa shape index (κ2) is 4.28. The van der Waals surface area contributed by atoms with Gasteiger partial charge in [0.1, 0.15) is 5.82 Å². The van der Waals surface area contributed by atoms with Crippen LogP contribution in [0.15, 0.2) is 0 Å². The largest absolute Gasteiger partial charge is 0.481 e. The minimum Gasteiger partial charge on any atom is -0.481 e. The highest BCUT2D eigenvalue weighted by Gasteiger charge is 2.22. The summed E-state index contributed by atoms with van der Waals surface area (Å²) >= 11 is 0. The average Bonchev–Trinajstić information content (AvgIpc) is 2.52. The van der Waals surface area contributed by atoms with Crippen molar-refractivity contribution in [2.45, 2.75) is 52.0 Å². The van der Waals surface area contributed by atoms with E-state index in [0.717, 1.165) is 23.6 Å². The molecule has 1 aromatic rings. The van der Waals surface area contributed by atoms with Crippen molar-refractivity contribution in [1.29, 1.82) is 0 Å². The van der Waals surface area contributed by atoms with Crippen molar-refractivity contribution in [2.24, 2.45) is 0 Å². The van der Waals surface area contributed by atoms with E-state index < -0.39 is 5.97 Å². The number of nitrogens with zero attached hydrogens (tertiary/aromatic N) is 2. The van der Waals surface area contributed by atoms with E-state index in [0.29, 0.717) is 12.5 Å². The molecule has 0 fully saturated rings. The van der Waals surface area contributed by atoms with E-state index in [1.165, 1.54) is 12.8 Å². The van der Waals surface area contributed by atoms with Crippen LogP contribution in [0, 0.1) is 6.92 Å². The molecule has 1 N–H and O–H groups in total. The highest BCUT2D eigenvalue weighted by molar-refractivity contribution is 5.67. The number of carboxylic acids is 1. The van der Waals surface area contributed by atoms with Crippen molar-refractivity contribution in [3.8, 4) is 0 Å². The molecule has 2 heterocycles. The summed E-state index contributed by atoms with van der Waals surface area (Å²) in [6.45, 7) is 4.17. The van der Waals surface area contributed by atoms with Crippen LogP contribution in [0.5, 0.6) is 0 Å². The van der Waals surface area contributed by atoms with Crippen molar-refractivity contribution in [2.75, 3.05) is 0 Å². The van der Waals surface area contributed by atoms with E-state index in [1.54, 1.807) is 0 Å². The maximum Gasteiger partial charge on any atom is 0.303 e. The molecule has 2 rings (SSSR count). The number of carbonyl (C=O) groups is 1. The van der Waals surface area contributed by atoms with Gasteiger partial charge in [-0.25, -0.2) is 4.98 Å².